The van der Waals surface area contributed by atoms with Crippen molar-refractivity contribution in [2.45, 2.75) is 57.3 Å². The van der Waals surface area contributed by atoms with Crippen LogP contribution in [0.15, 0.2) is 54.9 Å². The molecule has 1 saturated heterocycles. The van der Waals surface area contributed by atoms with Crippen LogP contribution >= 0.6 is 0 Å². The van der Waals surface area contributed by atoms with E-state index < -0.39 is 41.5 Å². The van der Waals surface area contributed by atoms with E-state index in [0.717, 1.165) is 24.2 Å². The third-order valence-corrected chi connectivity index (χ3v) is 7.84. The SMILES string of the molecule is O=C1CCC(N2C(=O)c3ccc(NCCCCCCn4cc(-c5cnc6ccccc6n5)c(C(F)(F)F)n4)cc3C2=O)C(=O)N1. The summed E-state index contributed by atoms with van der Waals surface area (Å²) in [4.78, 5) is 59.1. The number of carbonyl (C=O) groups excluding carboxylic acids is 4. The lowest BCUT2D eigenvalue weighted by Crippen LogP contribution is -2.54. The van der Waals surface area contributed by atoms with Gasteiger partial charge in [0.15, 0.2) is 5.69 Å². The normalized spacial score (nSPS) is 16.8. The maximum atomic E-state index is 13.8. The van der Waals surface area contributed by atoms with E-state index in [0.29, 0.717) is 36.2 Å². The number of imide groups is 2. The van der Waals surface area contributed by atoms with Crippen LogP contribution in [-0.2, 0) is 22.3 Å². The highest BCUT2D eigenvalue weighted by molar-refractivity contribution is 6.23. The summed E-state index contributed by atoms with van der Waals surface area (Å²) < 4.78 is 42.6. The van der Waals surface area contributed by atoms with Crippen LogP contribution in [0.2, 0.25) is 0 Å². The molecule has 45 heavy (non-hydrogen) atoms. The molecule has 4 amide bonds. The average molecular weight is 620 g/mol. The van der Waals surface area contributed by atoms with Crippen molar-refractivity contribution < 1.29 is 32.3 Å². The van der Waals surface area contributed by atoms with E-state index in [1.807, 2.05) is 0 Å². The molecule has 232 valence electrons. The number of alkyl halides is 3. The second-order valence-electron chi connectivity index (χ2n) is 10.9. The molecule has 2 aliphatic rings. The molecule has 6 rings (SSSR count). The maximum absolute atomic E-state index is 13.8. The quantitative estimate of drug-likeness (QED) is 0.194. The molecule has 4 heterocycles. The number of hydrogen-bond donors (Lipinski definition) is 2. The van der Waals surface area contributed by atoms with Crippen molar-refractivity contribution in [1.29, 1.82) is 0 Å². The van der Waals surface area contributed by atoms with Crippen LogP contribution in [-0.4, -0.2) is 60.9 Å². The molecule has 1 fully saturated rings. The predicted octanol–water partition coefficient (Wildman–Crippen LogP) is 4.59. The van der Waals surface area contributed by atoms with E-state index in [-0.39, 0.29) is 35.2 Å². The first-order chi connectivity index (χ1) is 21.6. The molecule has 11 nitrogen and oxygen atoms in total. The number of anilines is 1. The summed E-state index contributed by atoms with van der Waals surface area (Å²) in [6.07, 6.45) is 1.13. The second kappa shape index (κ2) is 12.1. The van der Waals surface area contributed by atoms with Gasteiger partial charge in [-0.3, -0.25) is 39.1 Å². The number of halogens is 3. The highest BCUT2D eigenvalue weighted by Crippen LogP contribution is 2.36. The van der Waals surface area contributed by atoms with Crippen LogP contribution in [0, 0.1) is 0 Å². The first-order valence-electron chi connectivity index (χ1n) is 14.6. The van der Waals surface area contributed by atoms with Crippen molar-refractivity contribution in [1.82, 2.24) is 30.0 Å². The number of nitrogens with one attached hydrogen (secondary N) is 2. The Labute approximate surface area is 254 Å². The minimum atomic E-state index is -4.64. The molecule has 1 unspecified atom stereocenters. The molecular weight excluding hydrogens is 591 g/mol. The van der Waals surface area contributed by atoms with Crippen LogP contribution in [0.4, 0.5) is 18.9 Å². The zero-order valence-corrected chi connectivity index (χ0v) is 23.9. The Morgan fingerprint density at radius 2 is 1.67 bits per heavy atom. The fourth-order valence-corrected chi connectivity index (χ4v) is 5.59. The number of piperidine rings is 1. The number of carbonyl (C=O) groups is 4. The Morgan fingerprint density at radius 3 is 2.44 bits per heavy atom. The van der Waals surface area contributed by atoms with Crippen LogP contribution in [0.5, 0.6) is 0 Å². The number of nitrogens with zero attached hydrogens (tertiary/aromatic N) is 5. The molecule has 2 aliphatic heterocycles. The molecule has 4 aromatic rings. The van der Waals surface area contributed by atoms with Gasteiger partial charge in [-0.1, -0.05) is 25.0 Å². The Bertz CT molecular complexity index is 1820. The summed E-state index contributed by atoms with van der Waals surface area (Å²) in [5, 5.41) is 9.21. The van der Waals surface area contributed by atoms with Gasteiger partial charge in [-0.2, -0.15) is 18.3 Å². The van der Waals surface area contributed by atoms with Gasteiger partial charge in [-0.25, -0.2) is 4.98 Å². The molecule has 0 spiro atoms. The molecule has 2 aromatic heterocycles. The standard InChI is InChI=1S/C31H28F3N7O4/c32-31(33,34)27-21(24-16-36-22-7-3-4-8-23(22)37-24)17-40(39-27)14-6-2-1-5-13-35-18-9-10-19-20(15-18)30(45)41(29(19)44)25-11-12-26(42)38-28(25)43/h3-4,7-10,15-17,25,35H,1-2,5-6,11-14H2,(H,38,42,43). The summed E-state index contributed by atoms with van der Waals surface area (Å²) in [7, 11) is 0. The first-order valence-corrected chi connectivity index (χ1v) is 14.6. The summed E-state index contributed by atoms with van der Waals surface area (Å²) in [6.45, 7) is 0.880. The van der Waals surface area contributed by atoms with Crippen LogP contribution in [0.3, 0.4) is 0 Å². The van der Waals surface area contributed by atoms with Gasteiger partial charge in [0, 0.05) is 31.4 Å². The lowest BCUT2D eigenvalue weighted by Gasteiger charge is -2.27. The van der Waals surface area contributed by atoms with Gasteiger partial charge in [0.05, 0.1) is 39.6 Å². The Morgan fingerprint density at radius 1 is 0.911 bits per heavy atom. The molecule has 2 aromatic carbocycles. The molecule has 14 heteroatoms. The number of benzene rings is 2. The van der Waals surface area contributed by atoms with Gasteiger partial charge in [-0.15, -0.1) is 0 Å². The molecule has 0 radical (unpaired) electrons. The third kappa shape index (κ3) is 6.12. The van der Waals surface area contributed by atoms with Crippen LogP contribution < -0.4 is 10.6 Å². The monoisotopic (exact) mass is 619 g/mol. The average Bonchev–Trinajstić information content (AvgIpc) is 3.56. The Kier molecular flexibility index (Phi) is 8.04. The number of rotatable bonds is 10. The summed E-state index contributed by atoms with van der Waals surface area (Å²) in [5.41, 5.74) is 1.14. The van der Waals surface area contributed by atoms with Gasteiger partial charge < -0.3 is 5.32 Å². The topological polar surface area (TPSA) is 139 Å². The van der Waals surface area contributed by atoms with Crippen molar-refractivity contribution >= 4 is 40.3 Å². The molecule has 1 atom stereocenters. The number of para-hydroxylation sites is 2. The van der Waals surface area contributed by atoms with Crippen molar-refractivity contribution in [2.24, 2.45) is 0 Å². The zero-order valence-electron chi connectivity index (χ0n) is 23.9. The summed E-state index contributed by atoms with van der Waals surface area (Å²) in [6, 6.07) is 10.8. The lowest BCUT2D eigenvalue weighted by atomic mass is 10.0. The maximum Gasteiger partial charge on any atom is 0.435 e. The highest BCUT2D eigenvalue weighted by atomic mass is 19.4. The van der Waals surface area contributed by atoms with E-state index in [1.54, 1.807) is 42.5 Å². The van der Waals surface area contributed by atoms with Crippen LogP contribution in [0.25, 0.3) is 22.3 Å². The molecule has 2 N–H and O–H groups in total. The Balaban J connectivity index is 0.996. The van der Waals surface area contributed by atoms with E-state index in [4.69, 9.17) is 0 Å². The number of fused-ring (bicyclic) bond motifs is 2. The lowest BCUT2D eigenvalue weighted by molar-refractivity contribution is -0.141. The van der Waals surface area contributed by atoms with Gasteiger partial charge in [0.1, 0.15) is 6.04 Å². The highest BCUT2D eigenvalue weighted by Gasteiger charge is 2.44. The van der Waals surface area contributed by atoms with Gasteiger partial charge in [0.2, 0.25) is 11.8 Å². The predicted molar refractivity (Wildman–Crippen MR) is 156 cm³/mol. The van der Waals surface area contributed by atoms with E-state index in [1.165, 1.54) is 17.1 Å². The summed E-state index contributed by atoms with van der Waals surface area (Å²) in [5.74, 6) is -2.23. The fourth-order valence-electron chi connectivity index (χ4n) is 5.59. The summed E-state index contributed by atoms with van der Waals surface area (Å²) >= 11 is 0. The van der Waals surface area contributed by atoms with Crippen molar-refractivity contribution in [2.75, 3.05) is 11.9 Å². The second-order valence-corrected chi connectivity index (χ2v) is 10.9. The number of aromatic nitrogens is 4. The molecule has 0 bridgehead atoms. The first kappa shape index (κ1) is 29.9. The van der Waals surface area contributed by atoms with E-state index >= 15 is 0 Å². The van der Waals surface area contributed by atoms with E-state index in [2.05, 4.69) is 25.7 Å². The number of hydrogen-bond acceptors (Lipinski definition) is 8. The van der Waals surface area contributed by atoms with Gasteiger partial charge in [0.25, 0.3) is 11.8 Å². The largest absolute Gasteiger partial charge is 0.435 e. The number of unbranched alkanes of at least 4 members (excludes halogenated alkanes) is 3. The van der Waals surface area contributed by atoms with Crippen molar-refractivity contribution in [3.63, 3.8) is 0 Å². The van der Waals surface area contributed by atoms with Crippen molar-refractivity contribution in [3.8, 4) is 11.3 Å². The Hall–Kier alpha value is -5.14. The van der Waals surface area contributed by atoms with Crippen molar-refractivity contribution in [3.05, 3.63) is 71.7 Å². The van der Waals surface area contributed by atoms with Crippen LogP contribution in [0.1, 0.15) is 64.9 Å². The zero-order chi connectivity index (χ0) is 31.7. The molecule has 0 saturated carbocycles. The third-order valence-electron chi connectivity index (χ3n) is 7.84. The minimum Gasteiger partial charge on any atom is -0.385 e. The van der Waals surface area contributed by atoms with Gasteiger partial charge >= 0.3 is 6.18 Å². The number of amides is 4. The molecule has 0 aliphatic carbocycles. The van der Waals surface area contributed by atoms with Gasteiger partial charge in [-0.05, 0) is 49.6 Å². The molecular formula is C31H28F3N7O4. The minimum absolute atomic E-state index is 0.0503. The number of aryl methyl sites for hydroxylation is 1. The van der Waals surface area contributed by atoms with E-state index in [9.17, 15) is 32.3 Å². The fraction of sp³-hybridized carbons (Fsp3) is 0.323. The smallest absolute Gasteiger partial charge is 0.385 e.